The molecule has 0 aliphatic heterocycles. The average Bonchev–Trinajstić information content (AvgIpc) is 2.62. The minimum atomic E-state index is -1.07. The van der Waals surface area contributed by atoms with Crippen molar-refractivity contribution in [2.45, 2.75) is 17.9 Å². The van der Waals surface area contributed by atoms with Gasteiger partial charge in [-0.15, -0.1) is 0 Å². The number of methoxy groups -OCH3 is 1. The monoisotopic (exact) mass is 257 g/mol. The fourth-order valence-electron chi connectivity index (χ4n) is 1.31. The quantitative estimate of drug-likeness (QED) is 0.775. The van der Waals surface area contributed by atoms with Crippen molar-refractivity contribution in [3.8, 4) is 0 Å². The van der Waals surface area contributed by atoms with Gasteiger partial charge in [-0.1, -0.05) is 11.3 Å². The molecule has 0 saturated heterocycles. The van der Waals surface area contributed by atoms with E-state index in [1.165, 1.54) is 11.3 Å². The highest BCUT2D eigenvalue weighted by atomic mass is 32.2. The molecule has 0 amide bonds. The molecule has 2 heterocycles. The SMILES string of the molecule is COCc1nc(C)c2sc([S+](C)[O-])nc2n1. The van der Waals surface area contributed by atoms with Gasteiger partial charge in [-0.3, -0.25) is 0 Å². The maximum absolute atomic E-state index is 11.3. The topological polar surface area (TPSA) is 71.0 Å². The summed E-state index contributed by atoms with van der Waals surface area (Å²) in [5.41, 5.74) is 1.46. The number of hydrogen-bond donors (Lipinski definition) is 0. The molecule has 0 aliphatic rings. The molecule has 0 N–H and O–H groups in total. The number of aryl methyl sites for hydroxylation is 1. The van der Waals surface area contributed by atoms with Gasteiger partial charge in [0.05, 0.1) is 10.4 Å². The minimum Gasteiger partial charge on any atom is -0.610 e. The third-order valence-corrected chi connectivity index (χ3v) is 4.45. The van der Waals surface area contributed by atoms with Gasteiger partial charge in [0.2, 0.25) is 0 Å². The van der Waals surface area contributed by atoms with Crippen LogP contribution in [0.1, 0.15) is 11.5 Å². The van der Waals surface area contributed by atoms with Crippen molar-refractivity contribution < 1.29 is 9.29 Å². The molecule has 7 heteroatoms. The Morgan fingerprint density at radius 3 is 2.75 bits per heavy atom. The number of hydrogen-bond acceptors (Lipinski definition) is 6. The van der Waals surface area contributed by atoms with E-state index >= 15 is 0 Å². The Labute approximate surface area is 100 Å². The van der Waals surface area contributed by atoms with Gasteiger partial charge in [-0.25, -0.2) is 9.97 Å². The van der Waals surface area contributed by atoms with Crippen LogP contribution in [0.25, 0.3) is 10.3 Å². The van der Waals surface area contributed by atoms with E-state index in [0.29, 0.717) is 22.4 Å². The third kappa shape index (κ3) is 2.17. The van der Waals surface area contributed by atoms with Crippen LogP contribution in [-0.4, -0.2) is 32.9 Å². The van der Waals surface area contributed by atoms with E-state index in [1.807, 2.05) is 6.92 Å². The third-order valence-electron chi connectivity index (χ3n) is 1.97. The van der Waals surface area contributed by atoms with E-state index in [9.17, 15) is 4.55 Å². The summed E-state index contributed by atoms with van der Waals surface area (Å²) < 4.78 is 17.8. The zero-order valence-electron chi connectivity index (χ0n) is 9.18. The van der Waals surface area contributed by atoms with Gasteiger partial charge in [0, 0.05) is 18.3 Å². The maximum Gasteiger partial charge on any atom is 0.303 e. The average molecular weight is 257 g/mol. The summed E-state index contributed by atoms with van der Waals surface area (Å²) in [5.74, 6) is 0.603. The lowest BCUT2D eigenvalue weighted by molar-refractivity contribution is 0.178. The zero-order valence-corrected chi connectivity index (χ0v) is 10.8. The Morgan fingerprint density at radius 1 is 1.38 bits per heavy atom. The molecule has 0 saturated carbocycles. The molecule has 0 fully saturated rings. The summed E-state index contributed by atoms with van der Waals surface area (Å²) in [4.78, 5) is 12.8. The molecule has 2 aromatic heterocycles. The summed E-state index contributed by atoms with van der Waals surface area (Å²) >= 11 is 0.310. The summed E-state index contributed by atoms with van der Waals surface area (Å²) in [7, 11) is 1.59. The number of rotatable bonds is 3. The van der Waals surface area contributed by atoms with Crippen molar-refractivity contribution in [3.05, 3.63) is 11.5 Å². The zero-order chi connectivity index (χ0) is 11.7. The van der Waals surface area contributed by atoms with Crippen molar-refractivity contribution in [2.24, 2.45) is 0 Å². The first-order valence-electron chi connectivity index (χ1n) is 4.58. The Hall–Kier alpha value is -0.760. The lowest BCUT2D eigenvalue weighted by Crippen LogP contribution is -1.99. The van der Waals surface area contributed by atoms with Gasteiger partial charge in [0.25, 0.3) is 0 Å². The van der Waals surface area contributed by atoms with Crippen LogP contribution < -0.4 is 0 Å². The van der Waals surface area contributed by atoms with Gasteiger partial charge in [-0.2, -0.15) is 4.98 Å². The molecule has 0 aromatic carbocycles. The van der Waals surface area contributed by atoms with E-state index in [0.717, 1.165) is 10.4 Å². The smallest absolute Gasteiger partial charge is 0.303 e. The molecule has 5 nitrogen and oxygen atoms in total. The van der Waals surface area contributed by atoms with E-state index in [1.54, 1.807) is 13.4 Å². The second-order valence-electron chi connectivity index (χ2n) is 3.24. The van der Waals surface area contributed by atoms with Crippen molar-refractivity contribution >= 4 is 32.9 Å². The van der Waals surface area contributed by atoms with Gasteiger partial charge < -0.3 is 9.29 Å². The van der Waals surface area contributed by atoms with Gasteiger partial charge in [0.1, 0.15) is 12.9 Å². The molecule has 2 rings (SSSR count). The highest BCUT2D eigenvalue weighted by Crippen LogP contribution is 2.26. The Morgan fingerprint density at radius 2 is 2.12 bits per heavy atom. The number of ether oxygens (including phenoxy) is 1. The predicted octanol–water partition coefficient (Wildman–Crippen LogP) is 1.28. The molecule has 0 aliphatic carbocycles. The van der Waals surface area contributed by atoms with Crippen molar-refractivity contribution in [3.63, 3.8) is 0 Å². The molecular formula is C9H11N3O2S2. The van der Waals surface area contributed by atoms with Crippen LogP contribution in [0, 0.1) is 6.92 Å². The minimum absolute atomic E-state index is 0.360. The number of thiazole rings is 1. The molecule has 1 atom stereocenters. The Kier molecular flexibility index (Phi) is 3.38. The molecule has 0 spiro atoms. The predicted molar refractivity (Wildman–Crippen MR) is 63.0 cm³/mol. The van der Waals surface area contributed by atoms with E-state index < -0.39 is 11.2 Å². The highest BCUT2D eigenvalue weighted by molar-refractivity contribution is 7.92. The molecule has 1 unspecified atom stereocenters. The van der Waals surface area contributed by atoms with Crippen LogP contribution in [0.15, 0.2) is 4.34 Å². The largest absolute Gasteiger partial charge is 0.610 e. The van der Waals surface area contributed by atoms with Crippen LogP contribution in [0.3, 0.4) is 0 Å². The van der Waals surface area contributed by atoms with Crippen molar-refractivity contribution in [1.29, 1.82) is 0 Å². The standard InChI is InChI=1S/C9H11N3O2S2/c1-5-7-8(11-6(10-5)4-14-2)12-9(15-7)16(3)13/h4H2,1-3H3. The maximum atomic E-state index is 11.3. The van der Waals surface area contributed by atoms with Crippen molar-refractivity contribution in [2.75, 3.05) is 13.4 Å². The summed E-state index contributed by atoms with van der Waals surface area (Å²) in [5, 5.41) is 0. The molecule has 16 heavy (non-hydrogen) atoms. The van der Waals surface area contributed by atoms with E-state index in [-0.39, 0.29) is 0 Å². The number of aromatic nitrogens is 3. The fraction of sp³-hybridized carbons (Fsp3) is 0.444. The lowest BCUT2D eigenvalue weighted by Gasteiger charge is -1.99. The van der Waals surface area contributed by atoms with Crippen LogP contribution >= 0.6 is 11.3 Å². The molecule has 0 bridgehead atoms. The summed E-state index contributed by atoms with van der Waals surface area (Å²) in [6.07, 6.45) is 1.61. The van der Waals surface area contributed by atoms with Gasteiger partial charge in [-0.05, 0) is 6.92 Å². The second kappa shape index (κ2) is 4.62. The molecule has 0 radical (unpaired) electrons. The Bertz CT molecular complexity index is 513. The summed E-state index contributed by atoms with van der Waals surface area (Å²) in [6, 6.07) is 0. The molecule has 86 valence electrons. The van der Waals surface area contributed by atoms with Crippen LogP contribution in [0.5, 0.6) is 0 Å². The van der Waals surface area contributed by atoms with Crippen molar-refractivity contribution in [1.82, 2.24) is 15.0 Å². The fourth-order valence-corrected chi connectivity index (χ4v) is 2.93. The first-order chi connectivity index (χ1) is 7.61. The molecule has 2 aromatic rings. The summed E-state index contributed by atoms with van der Waals surface area (Å²) in [6.45, 7) is 2.25. The lowest BCUT2D eigenvalue weighted by atomic mass is 10.4. The highest BCUT2D eigenvalue weighted by Gasteiger charge is 2.16. The normalized spacial score (nSPS) is 13.2. The van der Waals surface area contributed by atoms with Gasteiger partial charge >= 0.3 is 4.34 Å². The Balaban J connectivity index is 2.54. The molecular weight excluding hydrogens is 246 g/mol. The van der Waals surface area contributed by atoms with E-state index in [2.05, 4.69) is 15.0 Å². The number of nitrogens with zero attached hydrogens (tertiary/aromatic N) is 3. The van der Waals surface area contributed by atoms with Crippen LogP contribution in [0.2, 0.25) is 0 Å². The van der Waals surface area contributed by atoms with Crippen LogP contribution in [0.4, 0.5) is 0 Å². The number of fused-ring (bicyclic) bond motifs is 1. The van der Waals surface area contributed by atoms with E-state index in [4.69, 9.17) is 4.74 Å². The van der Waals surface area contributed by atoms with Gasteiger partial charge in [0.15, 0.2) is 11.5 Å². The van der Waals surface area contributed by atoms with Crippen LogP contribution in [-0.2, 0) is 22.5 Å². The first kappa shape index (κ1) is 11.7. The second-order valence-corrected chi connectivity index (χ2v) is 5.80. The first-order valence-corrected chi connectivity index (χ1v) is 6.95.